The van der Waals surface area contributed by atoms with Crippen LogP contribution in [0.1, 0.15) is 24.7 Å². The number of carbonyl (C=O) groups excluding carboxylic acids is 1. The zero-order valence-corrected chi connectivity index (χ0v) is 21.1. The molecule has 0 unspecified atom stereocenters. The van der Waals surface area contributed by atoms with Crippen LogP contribution in [-0.2, 0) is 17.9 Å². The first-order valence-electron chi connectivity index (χ1n) is 12.4. The van der Waals surface area contributed by atoms with Crippen molar-refractivity contribution in [2.24, 2.45) is 0 Å². The van der Waals surface area contributed by atoms with E-state index < -0.39 is 0 Å². The molecule has 0 spiro atoms. The van der Waals surface area contributed by atoms with Gasteiger partial charge in [0.15, 0.2) is 0 Å². The second-order valence-electron chi connectivity index (χ2n) is 9.52. The molecule has 1 aliphatic rings. The van der Waals surface area contributed by atoms with E-state index in [1.165, 1.54) is 12.5 Å². The van der Waals surface area contributed by atoms with Gasteiger partial charge in [-0.2, -0.15) is 0 Å². The molecule has 0 aliphatic carbocycles. The molecule has 1 aromatic heterocycles. The summed E-state index contributed by atoms with van der Waals surface area (Å²) in [5.74, 6) is 1.77. The number of benzene rings is 2. The Morgan fingerprint density at radius 2 is 1.63 bits per heavy atom. The van der Waals surface area contributed by atoms with Crippen molar-refractivity contribution in [3.63, 3.8) is 0 Å². The lowest BCUT2D eigenvalue weighted by atomic mass is 10.1. The summed E-state index contributed by atoms with van der Waals surface area (Å²) in [6.07, 6.45) is 1.07. The van der Waals surface area contributed by atoms with E-state index in [1.807, 2.05) is 24.3 Å². The predicted molar refractivity (Wildman–Crippen MR) is 142 cm³/mol. The Bertz CT molecular complexity index is 1110. The average Bonchev–Trinajstić information content (AvgIpc) is 2.84. The molecule has 1 amide bonds. The van der Waals surface area contributed by atoms with Gasteiger partial charge in [0.05, 0.1) is 12.1 Å². The quantitative estimate of drug-likeness (QED) is 0.436. The largest absolute Gasteiger partial charge is 0.369 e. The van der Waals surface area contributed by atoms with Crippen LogP contribution in [0.25, 0.3) is 10.9 Å². The number of piperazine rings is 1. The Hall–Kier alpha value is -3.07. The van der Waals surface area contributed by atoms with Crippen molar-refractivity contribution in [2.75, 3.05) is 64.0 Å². The minimum Gasteiger partial charge on any atom is -0.369 e. The number of para-hydroxylation sites is 1. The van der Waals surface area contributed by atoms with E-state index in [9.17, 15) is 4.79 Å². The maximum Gasteiger partial charge on any atom is 0.221 e. The number of anilines is 2. The summed E-state index contributed by atoms with van der Waals surface area (Å²) in [5, 5.41) is 7.44. The smallest absolute Gasteiger partial charge is 0.221 e. The monoisotopic (exact) mass is 475 g/mol. The molecule has 8 nitrogen and oxygen atoms in total. The fourth-order valence-electron chi connectivity index (χ4n) is 4.39. The third-order valence-corrected chi connectivity index (χ3v) is 6.23. The molecule has 8 heteroatoms. The Morgan fingerprint density at radius 1 is 0.943 bits per heavy atom. The van der Waals surface area contributed by atoms with Crippen LogP contribution in [0.5, 0.6) is 0 Å². The van der Waals surface area contributed by atoms with E-state index in [0.717, 1.165) is 87.0 Å². The fourth-order valence-corrected chi connectivity index (χ4v) is 4.39. The maximum atomic E-state index is 11.2. The van der Waals surface area contributed by atoms with Crippen LogP contribution in [0.4, 0.5) is 11.5 Å². The molecule has 0 saturated carbocycles. The number of nitrogens with one attached hydrogen (secondary N) is 2. The van der Waals surface area contributed by atoms with Crippen molar-refractivity contribution in [1.82, 2.24) is 24.7 Å². The van der Waals surface area contributed by atoms with Crippen molar-refractivity contribution in [2.45, 2.75) is 26.4 Å². The summed E-state index contributed by atoms with van der Waals surface area (Å²) in [6.45, 7) is 9.15. The van der Waals surface area contributed by atoms with Gasteiger partial charge in [-0.1, -0.05) is 24.3 Å². The molecule has 2 heterocycles. The molecule has 186 valence electrons. The fraction of sp³-hybridized carbons (Fsp3) is 0.444. The molecule has 1 fully saturated rings. The summed E-state index contributed by atoms with van der Waals surface area (Å²) in [6, 6.07) is 16.4. The van der Waals surface area contributed by atoms with Crippen LogP contribution in [0, 0.1) is 0 Å². The lowest BCUT2D eigenvalue weighted by Gasteiger charge is -2.34. The standard InChI is InChI=1S/C27H37N7O/c1-21(35)29-23-11-9-22(10-12-23)19-33-15-17-34(18-16-33)20-26-30-25-8-5-4-7-24(25)27(31-26)28-13-6-14-32(2)3/h4-5,7-12H,6,13-20H2,1-3H3,(H,29,35)(H,28,30,31). The Morgan fingerprint density at radius 3 is 2.31 bits per heavy atom. The van der Waals surface area contributed by atoms with Gasteiger partial charge in [-0.15, -0.1) is 0 Å². The van der Waals surface area contributed by atoms with Gasteiger partial charge in [-0.3, -0.25) is 14.6 Å². The second kappa shape index (κ2) is 12.1. The van der Waals surface area contributed by atoms with Gasteiger partial charge in [-0.05, 0) is 56.9 Å². The second-order valence-corrected chi connectivity index (χ2v) is 9.52. The van der Waals surface area contributed by atoms with E-state index in [0.29, 0.717) is 0 Å². The van der Waals surface area contributed by atoms with Gasteiger partial charge in [0.25, 0.3) is 0 Å². The number of nitrogens with zero attached hydrogens (tertiary/aromatic N) is 5. The van der Waals surface area contributed by atoms with Crippen LogP contribution in [0.15, 0.2) is 48.5 Å². The highest BCUT2D eigenvalue weighted by Gasteiger charge is 2.19. The van der Waals surface area contributed by atoms with E-state index >= 15 is 0 Å². The molecule has 1 aliphatic heterocycles. The first-order chi connectivity index (χ1) is 17.0. The van der Waals surface area contributed by atoms with E-state index in [-0.39, 0.29) is 5.91 Å². The van der Waals surface area contributed by atoms with Gasteiger partial charge < -0.3 is 15.5 Å². The minimum atomic E-state index is -0.0449. The van der Waals surface area contributed by atoms with Crippen molar-refractivity contribution in [3.05, 3.63) is 59.9 Å². The van der Waals surface area contributed by atoms with Crippen molar-refractivity contribution >= 4 is 28.3 Å². The van der Waals surface area contributed by atoms with Crippen molar-refractivity contribution in [3.8, 4) is 0 Å². The molecule has 35 heavy (non-hydrogen) atoms. The summed E-state index contributed by atoms with van der Waals surface area (Å²) in [5.41, 5.74) is 3.09. The third-order valence-electron chi connectivity index (χ3n) is 6.23. The van der Waals surface area contributed by atoms with Gasteiger partial charge in [0.2, 0.25) is 5.91 Å². The predicted octanol–water partition coefficient (Wildman–Crippen LogP) is 3.27. The highest BCUT2D eigenvalue weighted by Crippen LogP contribution is 2.21. The Labute approximate surface area is 208 Å². The molecule has 1 saturated heterocycles. The molecule has 4 rings (SSSR count). The van der Waals surface area contributed by atoms with Crippen LogP contribution in [-0.4, -0.2) is 83.9 Å². The number of rotatable bonds is 10. The number of carbonyl (C=O) groups is 1. The SMILES string of the molecule is CC(=O)Nc1ccc(CN2CCN(Cc3nc(NCCCN(C)C)c4ccccc4n3)CC2)cc1. The molecular weight excluding hydrogens is 438 g/mol. The average molecular weight is 476 g/mol. The number of fused-ring (bicyclic) bond motifs is 1. The van der Waals surface area contributed by atoms with Crippen LogP contribution in [0.2, 0.25) is 0 Å². The topological polar surface area (TPSA) is 76.6 Å². The highest BCUT2D eigenvalue weighted by molar-refractivity contribution is 5.89. The molecule has 0 atom stereocenters. The Balaban J connectivity index is 1.32. The number of aromatic nitrogens is 2. The summed E-state index contributed by atoms with van der Waals surface area (Å²) >= 11 is 0. The van der Waals surface area contributed by atoms with E-state index in [2.05, 4.69) is 63.7 Å². The molecule has 0 radical (unpaired) electrons. The minimum absolute atomic E-state index is 0.0449. The summed E-state index contributed by atoms with van der Waals surface area (Å²) in [4.78, 5) is 28.1. The van der Waals surface area contributed by atoms with Crippen LogP contribution < -0.4 is 10.6 Å². The van der Waals surface area contributed by atoms with Gasteiger partial charge in [-0.25, -0.2) is 9.97 Å². The lowest BCUT2D eigenvalue weighted by Crippen LogP contribution is -2.45. The van der Waals surface area contributed by atoms with Crippen molar-refractivity contribution < 1.29 is 4.79 Å². The van der Waals surface area contributed by atoms with Crippen LogP contribution in [0.3, 0.4) is 0 Å². The number of hydrogen-bond acceptors (Lipinski definition) is 7. The number of hydrogen-bond donors (Lipinski definition) is 2. The lowest BCUT2D eigenvalue weighted by molar-refractivity contribution is -0.114. The highest BCUT2D eigenvalue weighted by atomic mass is 16.1. The molecule has 3 aromatic rings. The van der Waals surface area contributed by atoms with Gasteiger partial charge >= 0.3 is 0 Å². The molecule has 2 N–H and O–H groups in total. The normalized spacial score (nSPS) is 15.0. The maximum absolute atomic E-state index is 11.2. The van der Waals surface area contributed by atoms with Gasteiger partial charge in [0.1, 0.15) is 11.6 Å². The van der Waals surface area contributed by atoms with Crippen molar-refractivity contribution in [1.29, 1.82) is 0 Å². The number of amides is 1. The van der Waals surface area contributed by atoms with E-state index in [4.69, 9.17) is 9.97 Å². The molecule has 2 aromatic carbocycles. The third kappa shape index (κ3) is 7.45. The zero-order valence-electron chi connectivity index (χ0n) is 21.1. The van der Waals surface area contributed by atoms with E-state index in [1.54, 1.807) is 0 Å². The first kappa shape index (κ1) is 25.0. The summed E-state index contributed by atoms with van der Waals surface area (Å²) < 4.78 is 0. The van der Waals surface area contributed by atoms with Crippen LogP contribution >= 0.6 is 0 Å². The molecule has 0 bridgehead atoms. The molecular formula is C27H37N7O. The Kier molecular flexibility index (Phi) is 8.63. The van der Waals surface area contributed by atoms with Gasteiger partial charge in [0, 0.05) is 57.3 Å². The zero-order chi connectivity index (χ0) is 24.6. The first-order valence-corrected chi connectivity index (χ1v) is 12.4. The summed E-state index contributed by atoms with van der Waals surface area (Å²) in [7, 11) is 4.20.